The Morgan fingerprint density at radius 3 is 2.94 bits per heavy atom. The first-order valence-corrected chi connectivity index (χ1v) is 6.68. The fourth-order valence-corrected chi connectivity index (χ4v) is 2.36. The number of carbonyl (C=O) groups excluding carboxylic acids is 1. The standard InChI is InChI=1S/C13H19N3O2/c1-15-5-2-6-16(8-7-15)13(17)11-9-12(18-14-11)10-3-4-10/h9-10H,2-8H2,1H3. The maximum atomic E-state index is 12.3. The minimum Gasteiger partial charge on any atom is -0.360 e. The zero-order valence-electron chi connectivity index (χ0n) is 10.8. The molecule has 0 spiro atoms. The highest BCUT2D eigenvalue weighted by atomic mass is 16.5. The van der Waals surface area contributed by atoms with Gasteiger partial charge in [-0.3, -0.25) is 4.79 Å². The number of amides is 1. The molecule has 1 aliphatic carbocycles. The summed E-state index contributed by atoms with van der Waals surface area (Å²) in [5.41, 5.74) is 0.474. The lowest BCUT2D eigenvalue weighted by Gasteiger charge is -2.18. The lowest BCUT2D eigenvalue weighted by atomic mass is 10.2. The Bertz CT molecular complexity index is 439. The molecule has 0 atom stereocenters. The molecule has 5 nitrogen and oxygen atoms in total. The Labute approximate surface area is 107 Å². The van der Waals surface area contributed by atoms with Crippen molar-refractivity contribution in [2.75, 3.05) is 33.2 Å². The third-order valence-electron chi connectivity index (χ3n) is 3.73. The van der Waals surface area contributed by atoms with Crippen LogP contribution in [0.15, 0.2) is 10.6 Å². The molecule has 1 aromatic rings. The van der Waals surface area contributed by atoms with Gasteiger partial charge in [0.25, 0.3) is 5.91 Å². The second kappa shape index (κ2) is 4.72. The molecule has 1 saturated heterocycles. The molecule has 3 rings (SSSR count). The Morgan fingerprint density at radius 1 is 1.33 bits per heavy atom. The van der Waals surface area contributed by atoms with Crippen LogP contribution in [0, 0.1) is 0 Å². The number of nitrogens with zero attached hydrogens (tertiary/aromatic N) is 3. The van der Waals surface area contributed by atoms with Crippen LogP contribution in [0.4, 0.5) is 0 Å². The summed E-state index contributed by atoms with van der Waals surface area (Å²) in [4.78, 5) is 16.4. The normalized spacial score (nSPS) is 21.9. The van der Waals surface area contributed by atoms with Crippen LogP contribution in [0.3, 0.4) is 0 Å². The fourth-order valence-electron chi connectivity index (χ4n) is 2.36. The first-order chi connectivity index (χ1) is 8.74. The van der Waals surface area contributed by atoms with E-state index in [0.29, 0.717) is 11.6 Å². The van der Waals surface area contributed by atoms with Crippen molar-refractivity contribution in [3.63, 3.8) is 0 Å². The van der Waals surface area contributed by atoms with Crippen LogP contribution in [-0.4, -0.2) is 54.1 Å². The molecule has 1 saturated carbocycles. The van der Waals surface area contributed by atoms with Gasteiger partial charge in [-0.15, -0.1) is 0 Å². The van der Waals surface area contributed by atoms with E-state index in [1.165, 1.54) is 0 Å². The molecule has 0 radical (unpaired) electrons. The SMILES string of the molecule is CN1CCCN(C(=O)c2cc(C3CC3)on2)CC1. The maximum absolute atomic E-state index is 12.3. The van der Waals surface area contributed by atoms with Gasteiger partial charge in [0, 0.05) is 31.6 Å². The highest BCUT2D eigenvalue weighted by Gasteiger charge is 2.30. The van der Waals surface area contributed by atoms with Crippen LogP contribution in [0.2, 0.25) is 0 Å². The van der Waals surface area contributed by atoms with Gasteiger partial charge < -0.3 is 14.3 Å². The highest BCUT2D eigenvalue weighted by molar-refractivity contribution is 5.92. The Hall–Kier alpha value is -1.36. The topological polar surface area (TPSA) is 49.6 Å². The number of carbonyl (C=O) groups is 1. The van der Waals surface area contributed by atoms with E-state index >= 15 is 0 Å². The zero-order chi connectivity index (χ0) is 12.5. The van der Waals surface area contributed by atoms with E-state index in [4.69, 9.17) is 4.52 Å². The van der Waals surface area contributed by atoms with Crippen molar-refractivity contribution in [2.24, 2.45) is 0 Å². The van der Waals surface area contributed by atoms with Gasteiger partial charge in [-0.05, 0) is 32.9 Å². The number of rotatable bonds is 2. The van der Waals surface area contributed by atoms with Crippen molar-refractivity contribution in [3.05, 3.63) is 17.5 Å². The number of aromatic nitrogens is 1. The van der Waals surface area contributed by atoms with Crippen molar-refractivity contribution < 1.29 is 9.32 Å². The molecule has 2 aliphatic rings. The van der Waals surface area contributed by atoms with Gasteiger partial charge in [-0.1, -0.05) is 5.16 Å². The lowest BCUT2D eigenvalue weighted by Crippen LogP contribution is -2.34. The maximum Gasteiger partial charge on any atom is 0.276 e. The van der Waals surface area contributed by atoms with Crippen LogP contribution in [0.25, 0.3) is 0 Å². The second-order valence-corrected chi connectivity index (χ2v) is 5.34. The molecule has 2 fully saturated rings. The summed E-state index contributed by atoms with van der Waals surface area (Å²) in [6.45, 7) is 3.57. The molecule has 98 valence electrons. The molecule has 0 N–H and O–H groups in total. The van der Waals surface area contributed by atoms with Crippen LogP contribution in [-0.2, 0) is 0 Å². The molecule has 1 amide bonds. The molecule has 18 heavy (non-hydrogen) atoms. The third kappa shape index (κ3) is 2.41. The van der Waals surface area contributed by atoms with E-state index in [0.717, 1.165) is 51.2 Å². The van der Waals surface area contributed by atoms with Gasteiger partial charge in [0.15, 0.2) is 5.69 Å². The fraction of sp³-hybridized carbons (Fsp3) is 0.692. The van der Waals surface area contributed by atoms with Crippen molar-refractivity contribution in [1.82, 2.24) is 15.0 Å². The largest absolute Gasteiger partial charge is 0.360 e. The van der Waals surface area contributed by atoms with E-state index in [9.17, 15) is 4.79 Å². The highest BCUT2D eigenvalue weighted by Crippen LogP contribution is 2.40. The van der Waals surface area contributed by atoms with Crippen LogP contribution in [0.5, 0.6) is 0 Å². The van der Waals surface area contributed by atoms with Gasteiger partial charge in [0.05, 0.1) is 0 Å². The van der Waals surface area contributed by atoms with E-state index in [2.05, 4.69) is 17.1 Å². The van der Waals surface area contributed by atoms with Crippen LogP contribution >= 0.6 is 0 Å². The summed E-state index contributed by atoms with van der Waals surface area (Å²) in [6, 6.07) is 1.83. The van der Waals surface area contributed by atoms with Crippen molar-refractivity contribution in [1.29, 1.82) is 0 Å². The Morgan fingerprint density at radius 2 is 2.17 bits per heavy atom. The van der Waals surface area contributed by atoms with Gasteiger partial charge >= 0.3 is 0 Å². The van der Waals surface area contributed by atoms with E-state index in [1.807, 2.05) is 11.0 Å². The molecular weight excluding hydrogens is 230 g/mol. The molecule has 1 aliphatic heterocycles. The number of hydrogen-bond donors (Lipinski definition) is 0. The first kappa shape index (κ1) is 11.7. The van der Waals surface area contributed by atoms with Gasteiger partial charge in [-0.25, -0.2) is 0 Å². The van der Waals surface area contributed by atoms with Gasteiger partial charge in [-0.2, -0.15) is 0 Å². The number of hydrogen-bond acceptors (Lipinski definition) is 4. The summed E-state index contributed by atoms with van der Waals surface area (Å²) in [6.07, 6.45) is 3.35. The van der Waals surface area contributed by atoms with Crippen molar-refractivity contribution >= 4 is 5.91 Å². The predicted molar refractivity (Wildman–Crippen MR) is 66.5 cm³/mol. The molecule has 0 bridgehead atoms. The third-order valence-corrected chi connectivity index (χ3v) is 3.73. The van der Waals surface area contributed by atoms with Crippen molar-refractivity contribution in [3.8, 4) is 0 Å². The Balaban J connectivity index is 1.68. The minimum atomic E-state index is 0.0148. The molecule has 0 aromatic carbocycles. The summed E-state index contributed by atoms with van der Waals surface area (Å²) in [7, 11) is 2.09. The molecule has 1 aromatic heterocycles. The Kier molecular flexibility index (Phi) is 3.07. The summed E-state index contributed by atoms with van der Waals surface area (Å²) in [5, 5.41) is 3.92. The van der Waals surface area contributed by atoms with Crippen LogP contribution < -0.4 is 0 Å². The average Bonchev–Trinajstić information content (AvgIpc) is 3.14. The van der Waals surface area contributed by atoms with E-state index in [1.54, 1.807) is 0 Å². The summed E-state index contributed by atoms with van der Waals surface area (Å²) >= 11 is 0. The van der Waals surface area contributed by atoms with E-state index in [-0.39, 0.29) is 5.91 Å². The molecule has 5 heteroatoms. The first-order valence-electron chi connectivity index (χ1n) is 6.68. The predicted octanol–water partition coefficient (Wildman–Crippen LogP) is 1.33. The van der Waals surface area contributed by atoms with Crippen molar-refractivity contribution in [2.45, 2.75) is 25.2 Å². The van der Waals surface area contributed by atoms with Gasteiger partial charge in [0.2, 0.25) is 0 Å². The summed E-state index contributed by atoms with van der Waals surface area (Å²) < 4.78 is 5.24. The second-order valence-electron chi connectivity index (χ2n) is 5.34. The lowest BCUT2D eigenvalue weighted by molar-refractivity contribution is 0.0752. The minimum absolute atomic E-state index is 0.0148. The smallest absolute Gasteiger partial charge is 0.276 e. The monoisotopic (exact) mass is 249 g/mol. The quantitative estimate of drug-likeness (QED) is 0.793. The zero-order valence-corrected chi connectivity index (χ0v) is 10.8. The van der Waals surface area contributed by atoms with Gasteiger partial charge in [0.1, 0.15) is 5.76 Å². The van der Waals surface area contributed by atoms with E-state index < -0.39 is 0 Å². The average molecular weight is 249 g/mol. The molecule has 0 unspecified atom stereocenters. The molecular formula is C13H19N3O2. The van der Waals surface area contributed by atoms with Crippen LogP contribution in [0.1, 0.15) is 41.4 Å². The summed E-state index contributed by atoms with van der Waals surface area (Å²) in [5.74, 6) is 1.40. The number of likely N-dealkylation sites (N-methyl/N-ethyl adjacent to an activating group) is 1. The molecule has 2 heterocycles.